The van der Waals surface area contributed by atoms with Gasteiger partial charge in [-0.25, -0.2) is 9.97 Å². The number of carbonyl (C=O) groups is 1. The van der Waals surface area contributed by atoms with Crippen LogP contribution in [-0.2, 0) is 17.9 Å². The number of fused-ring (bicyclic) bond motifs is 1. The fourth-order valence-electron chi connectivity index (χ4n) is 4.39. The van der Waals surface area contributed by atoms with Crippen molar-refractivity contribution in [3.8, 4) is 0 Å². The summed E-state index contributed by atoms with van der Waals surface area (Å²) < 4.78 is 4.41. The van der Waals surface area contributed by atoms with E-state index < -0.39 is 0 Å². The summed E-state index contributed by atoms with van der Waals surface area (Å²) in [6, 6.07) is 8.07. The lowest BCUT2D eigenvalue weighted by Gasteiger charge is -2.33. The molecule has 3 aromatic rings. The molecule has 1 aliphatic carbocycles. The zero-order valence-electron chi connectivity index (χ0n) is 16.2. The number of amides is 1. The fourth-order valence-corrected chi connectivity index (χ4v) is 4.39. The summed E-state index contributed by atoms with van der Waals surface area (Å²) in [5, 5.41) is 0. The number of nitrogens with zero attached hydrogens (tertiary/aromatic N) is 5. The Kier molecular flexibility index (Phi) is 4.63. The summed E-state index contributed by atoms with van der Waals surface area (Å²) in [6.07, 6.45) is 11.3. The molecule has 0 bridgehead atoms. The molecule has 2 aliphatic rings. The number of likely N-dealkylation sites (tertiary alicyclic amines) is 1. The number of hydrogen-bond donors (Lipinski definition) is 0. The van der Waals surface area contributed by atoms with Crippen LogP contribution >= 0.6 is 0 Å². The highest BCUT2D eigenvalue weighted by Crippen LogP contribution is 2.33. The number of carbonyl (C=O) groups excluding carboxylic acids is 1. The van der Waals surface area contributed by atoms with E-state index in [0.717, 1.165) is 49.4 Å². The van der Waals surface area contributed by atoms with Crippen molar-refractivity contribution < 1.29 is 4.79 Å². The maximum absolute atomic E-state index is 12.9. The summed E-state index contributed by atoms with van der Waals surface area (Å²) in [5.74, 6) is 2.60. The van der Waals surface area contributed by atoms with Crippen LogP contribution in [0.4, 0.5) is 0 Å². The number of rotatable bonds is 6. The Hall–Kier alpha value is -2.63. The normalized spacial score (nSPS) is 20.0. The van der Waals surface area contributed by atoms with Gasteiger partial charge < -0.3 is 14.0 Å². The molecule has 1 amide bonds. The van der Waals surface area contributed by atoms with Crippen LogP contribution in [0, 0.1) is 5.92 Å². The topological polar surface area (TPSA) is 56.0 Å². The number of para-hydroxylation sites is 2. The van der Waals surface area contributed by atoms with E-state index in [2.05, 4.69) is 31.4 Å². The first-order valence-electron chi connectivity index (χ1n) is 10.5. The van der Waals surface area contributed by atoms with Gasteiger partial charge in [-0.1, -0.05) is 12.1 Å². The molecule has 1 atom stereocenters. The largest absolute Gasteiger partial charge is 0.342 e. The third-order valence-corrected chi connectivity index (χ3v) is 6.13. The monoisotopic (exact) mass is 377 g/mol. The predicted molar refractivity (Wildman–Crippen MR) is 108 cm³/mol. The van der Waals surface area contributed by atoms with E-state index in [0.29, 0.717) is 18.9 Å². The highest BCUT2D eigenvalue weighted by Gasteiger charge is 2.29. The summed E-state index contributed by atoms with van der Waals surface area (Å²) in [7, 11) is 0. The first-order valence-corrected chi connectivity index (χ1v) is 10.5. The lowest BCUT2D eigenvalue weighted by molar-refractivity contribution is -0.132. The molecule has 5 rings (SSSR count). The minimum Gasteiger partial charge on any atom is -0.342 e. The molecule has 146 valence electrons. The first kappa shape index (κ1) is 17.5. The van der Waals surface area contributed by atoms with Gasteiger partial charge in [-0.3, -0.25) is 4.79 Å². The molecule has 1 aliphatic heterocycles. The molecule has 1 aromatic carbocycles. The van der Waals surface area contributed by atoms with E-state index >= 15 is 0 Å². The number of benzene rings is 1. The van der Waals surface area contributed by atoms with Crippen LogP contribution in [0.3, 0.4) is 0 Å². The SMILES string of the molecule is O=C(CCn1cnc2ccccc21)N1CCC[C@@H](c2nccn2CC2CC2)C1. The quantitative estimate of drug-likeness (QED) is 0.661. The average molecular weight is 377 g/mol. The van der Waals surface area contributed by atoms with Crippen LogP contribution in [0.1, 0.15) is 43.8 Å². The fraction of sp³-hybridized carbons (Fsp3) is 0.500. The Morgan fingerprint density at radius 1 is 1.11 bits per heavy atom. The van der Waals surface area contributed by atoms with Gasteiger partial charge in [-0.15, -0.1) is 0 Å². The number of aryl methyl sites for hydroxylation is 1. The lowest BCUT2D eigenvalue weighted by atomic mass is 9.96. The summed E-state index contributed by atoms with van der Waals surface area (Å²) in [6.45, 7) is 3.43. The summed E-state index contributed by atoms with van der Waals surface area (Å²) in [5.41, 5.74) is 2.07. The maximum atomic E-state index is 12.9. The summed E-state index contributed by atoms with van der Waals surface area (Å²) >= 11 is 0. The van der Waals surface area contributed by atoms with E-state index in [1.807, 2.05) is 35.6 Å². The molecular formula is C22H27N5O. The van der Waals surface area contributed by atoms with Gasteiger partial charge in [0.25, 0.3) is 0 Å². The molecule has 0 N–H and O–H groups in total. The molecule has 2 fully saturated rings. The highest BCUT2D eigenvalue weighted by atomic mass is 16.2. The molecule has 6 nitrogen and oxygen atoms in total. The minimum atomic E-state index is 0.239. The van der Waals surface area contributed by atoms with Gasteiger partial charge in [-0.05, 0) is 43.7 Å². The molecule has 0 unspecified atom stereocenters. The van der Waals surface area contributed by atoms with Crippen molar-refractivity contribution in [3.05, 3.63) is 48.8 Å². The third kappa shape index (κ3) is 3.55. The Balaban J connectivity index is 1.22. The second-order valence-corrected chi connectivity index (χ2v) is 8.24. The Morgan fingerprint density at radius 2 is 2.00 bits per heavy atom. The Morgan fingerprint density at radius 3 is 2.89 bits per heavy atom. The van der Waals surface area contributed by atoms with Crippen molar-refractivity contribution >= 4 is 16.9 Å². The molecule has 1 saturated heterocycles. The van der Waals surface area contributed by atoms with Crippen LogP contribution in [0.25, 0.3) is 11.0 Å². The van der Waals surface area contributed by atoms with Gasteiger partial charge in [0.15, 0.2) is 0 Å². The standard InChI is InChI=1S/C22H27N5O/c28-21(9-12-27-16-24-19-5-1-2-6-20(19)27)25-11-3-4-18(15-25)22-23-10-13-26(22)14-17-7-8-17/h1-2,5-6,10,13,16-18H,3-4,7-9,11-12,14-15H2/t18-/m1/s1. The van der Waals surface area contributed by atoms with Gasteiger partial charge in [0.2, 0.25) is 5.91 Å². The zero-order chi connectivity index (χ0) is 18.9. The molecule has 2 aromatic heterocycles. The van der Waals surface area contributed by atoms with Crippen molar-refractivity contribution in [1.82, 2.24) is 24.0 Å². The van der Waals surface area contributed by atoms with E-state index in [-0.39, 0.29) is 5.91 Å². The molecule has 0 radical (unpaired) electrons. The van der Waals surface area contributed by atoms with Crippen molar-refractivity contribution in [2.45, 2.75) is 51.1 Å². The zero-order valence-corrected chi connectivity index (χ0v) is 16.2. The van der Waals surface area contributed by atoms with Crippen LogP contribution in [-0.4, -0.2) is 43.0 Å². The van der Waals surface area contributed by atoms with Gasteiger partial charge in [0.1, 0.15) is 5.82 Å². The minimum absolute atomic E-state index is 0.239. The van der Waals surface area contributed by atoms with Crippen LogP contribution in [0.5, 0.6) is 0 Å². The molecule has 3 heterocycles. The van der Waals surface area contributed by atoms with Crippen molar-refractivity contribution in [2.75, 3.05) is 13.1 Å². The van der Waals surface area contributed by atoms with Gasteiger partial charge in [0, 0.05) is 50.9 Å². The second kappa shape index (κ2) is 7.41. The smallest absolute Gasteiger partial charge is 0.224 e. The van der Waals surface area contributed by atoms with E-state index in [1.165, 1.54) is 18.7 Å². The Labute approximate surface area is 165 Å². The number of aromatic nitrogens is 4. The number of piperidine rings is 1. The molecular weight excluding hydrogens is 350 g/mol. The lowest BCUT2D eigenvalue weighted by Crippen LogP contribution is -2.40. The molecule has 1 saturated carbocycles. The Bertz CT molecular complexity index is 970. The average Bonchev–Trinajstić information content (AvgIpc) is 3.26. The number of hydrogen-bond acceptors (Lipinski definition) is 3. The predicted octanol–water partition coefficient (Wildman–Crippen LogP) is 3.44. The second-order valence-electron chi connectivity index (χ2n) is 8.24. The van der Waals surface area contributed by atoms with E-state index in [9.17, 15) is 4.79 Å². The highest BCUT2D eigenvalue weighted by molar-refractivity contribution is 5.77. The molecule has 6 heteroatoms. The van der Waals surface area contributed by atoms with E-state index in [4.69, 9.17) is 0 Å². The summed E-state index contributed by atoms with van der Waals surface area (Å²) in [4.78, 5) is 24.0. The number of imidazole rings is 2. The maximum Gasteiger partial charge on any atom is 0.224 e. The first-order chi connectivity index (χ1) is 13.8. The van der Waals surface area contributed by atoms with Crippen molar-refractivity contribution in [2.24, 2.45) is 5.92 Å². The van der Waals surface area contributed by atoms with Crippen molar-refractivity contribution in [3.63, 3.8) is 0 Å². The van der Waals surface area contributed by atoms with Gasteiger partial charge in [-0.2, -0.15) is 0 Å². The van der Waals surface area contributed by atoms with Gasteiger partial charge >= 0.3 is 0 Å². The van der Waals surface area contributed by atoms with Crippen LogP contribution in [0.2, 0.25) is 0 Å². The molecule has 0 spiro atoms. The van der Waals surface area contributed by atoms with E-state index in [1.54, 1.807) is 0 Å². The van der Waals surface area contributed by atoms with Crippen molar-refractivity contribution in [1.29, 1.82) is 0 Å². The van der Waals surface area contributed by atoms with Gasteiger partial charge in [0.05, 0.1) is 17.4 Å². The third-order valence-electron chi connectivity index (χ3n) is 6.13. The van der Waals surface area contributed by atoms with Crippen LogP contribution in [0.15, 0.2) is 43.0 Å². The molecule has 28 heavy (non-hydrogen) atoms. The van der Waals surface area contributed by atoms with Crippen LogP contribution < -0.4 is 0 Å².